The molecule has 128 valence electrons. The summed E-state index contributed by atoms with van der Waals surface area (Å²) in [5.41, 5.74) is 0.833. The van der Waals surface area contributed by atoms with Gasteiger partial charge in [0.25, 0.3) is 5.91 Å². The zero-order chi connectivity index (χ0) is 18.4. The molecule has 0 aliphatic rings. The number of anilines is 1. The Morgan fingerprint density at radius 2 is 1.88 bits per heavy atom. The molecule has 2 N–H and O–H groups in total. The third-order valence-electron chi connectivity index (χ3n) is 3.36. The smallest absolute Gasteiger partial charge is 0.342 e. The molecule has 1 amide bonds. The van der Waals surface area contributed by atoms with Crippen molar-refractivity contribution in [2.24, 2.45) is 0 Å². The Hall–Kier alpha value is -3.53. The van der Waals surface area contributed by atoms with Gasteiger partial charge in [-0.2, -0.15) is 5.26 Å². The van der Waals surface area contributed by atoms with Gasteiger partial charge < -0.3 is 19.9 Å². The molecule has 0 heterocycles. The van der Waals surface area contributed by atoms with E-state index in [1.165, 1.54) is 32.2 Å². The van der Waals surface area contributed by atoms with Crippen LogP contribution in [0.25, 0.3) is 0 Å². The van der Waals surface area contributed by atoms with Crippen LogP contribution >= 0.6 is 0 Å². The number of carbonyl (C=O) groups excluding carboxylic acids is 2. The summed E-state index contributed by atoms with van der Waals surface area (Å²) in [7, 11) is 1.43. The number of benzene rings is 2. The first-order valence-electron chi connectivity index (χ1n) is 7.33. The van der Waals surface area contributed by atoms with Gasteiger partial charge in [0.1, 0.15) is 17.1 Å². The highest BCUT2D eigenvalue weighted by atomic mass is 16.5. The van der Waals surface area contributed by atoms with E-state index < -0.39 is 18.0 Å². The van der Waals surface area contributed by atoms with Crippen LogP contribution in [0.3, 0.4) is 0 Å². The van der Waals surface area contributed by atoms with E-state index >= 15 is 0 Å². The number of nitrogens with one attached hydrogen (secondary N) is 1. The number of hydrogen-bond acceptors (Lipinski definition) is 6. The van der Waals surface area contributed by atoms with Gasteiger partial charge in [0.15, 0.2) is 6.10 Å². The quantitative estimate of drug-likeness (QED) is 0.809. The van der Waals surface area contributed by atoms with Crippen molar-refractivity contribution in [2.75, 3.05) is 12.4 Å². The number of amides is 1. The molecule has 0 fully saturated rings. The van der Waals surface area contributed by atoms with Crippen molar-refractivity contribution in [3.05, 3.63) is 53.6 Å². The molecule has 7 heteroatoms. The topological polar surface area (TPSA) is 109 Å². The third kappa shape index (κ3) is 4.48. The maximum absolute atomic E-state index is 12.1. The number of nitrogens with zero attached hydrogens (tertiary/aromatic N) is 1. The first-order valence-corrected chi connectivity index (χ1v) is 7.33. The van der Waals surface area contributed by atoms with Gasteiger partial charge in [-0.15, -0.1) is 0 Å². The summed E-state index contributed by atoms with van der Waals surface area (Å²) in [6, 6.07) is 12.3. The fourth-order valence-corrected chi connectivity index (χ4v) is 1.96. The number of methoxy groups -OCH3 is 1. The Labute approximate surface area is 144 Å². The first-order chi connectivity index (χ1) is 11.9. The van der Waals surface area contributed by atoms with Gasteiger partial charge in [-0.25, -0.2) is 4.79 Å². The van der Waals surface area contributed by atoms with Gasteiger partial charge in [-0.05, 0) is 49.4 Å². The molecule has 1 atom stereocenters. The molecule has 0 saturated heterocycles. The molecule has 0 aliphatic heterocycles. The standard InChI is InChI=1S/C18H16N2O5/c1-11(17(22)20-13-5-3-12(10-19)4-6-13)25-18(23)15-9-14(24-2)7-8-16(15)21/h3-9,11,21H,1-2H3,(H,20,22)/t11-/m1/s1. The molecular formula is C18H16N2O5. The van der Waals surface area contributed by atoms with Gasteiger partial charge in [0.2, 0.25) is 0 Å². The molecule has 2 aromatic rings. The summed E-state index contributed by atoms with van der Waals surface area (Å²) in [6.45, 7) is 1.41. The predicted molar refractivity (Wildman–Crippen MR) is 89.3 cm³/mol. The van der Waals surface area contributed by atoms with Gasteiger partial charge in [0, 0.05) is 5.69 Å². The molecule has 0 radical (unpaired) electrons. The fourth-order valence-electron chi connectivity index (χ4n) is 1.96. The van der Waals surface area contributed by atoms with Crippen molar-refractivity contribution < 1.29 is 24.2 Å². The molecule has 2 rings (SSSR count). The van der Waals surface area contributed by atoms with Crippen LogP contribution in [-0.2, 0) is 9.53 Å². The lowest BCUT2D eigenvalue weighted by Crippen LogP contribution is -2.30. The molecule has 7 nitrogen and oxygen atoms in total. The van der Waals surface area contributed by atoms with Gasteiger partial charge >= 0.3 is 5.97 Å². The SMILES string of the molecule is COc1ccc(O)c(C(=O)O[C@H](C)C(=O)Nc2ccc(C#N)cc2)c1. The van der Waals surface area contributed by atoms with E-state index in [0.29, 0.717) is 17.0 Å². The predicted octanol–water partition coefficient (Wildman–Crippen LogP) is 2.46. The van der Waals surface area contributed by atoms with Crippen molar-refractivity contribution in [3.63, 3.8) is 0 Å². The summed E-state index contributed by atoms with van der Waals surface area (Å²) in [6.07, 6.45) is -1.09. The number of carbonyl (C=O) groups is 2. The van der Waals surface area contributed by atoms with Crippen LogP contribution in [-0.4, -0.2) is 30.2 Å². The van der Waals surface area contributed by atoms with E-state index in [1.54, 1.807) is 24.3 Å². The largest absolute Gasteiger partial charge is 0.507 e. The average Bonchev–Trinajstić information content (AvgIpc) is 2.62. The van der Waals surface area contributed by atoms with Gasteiger partial charge in [-0.1, -0.05) is 0 Å². The normalized spacial score (nSPS) is 11.1. The van der Waals surface area contributed by atoms with Crippen LogP contribution < -0.4 is 10.1 Å². The minimum absolute atomic E-state index is 0.0997. The summed E-state index contributed by atoms with van der Waals surface area (Å²) in [5.74, 6) is -1.29. The lowest BCUT2D eigenvalue weighted by molar-refractivity contribution is -0.123. The second-order valence-corrected chi connectivity index (χ2v) is 5.11. The van der Waals surface area contributed by atoms with E-state index in [0.717, 1.165) is 0 Å². The van der Waals surface area contributed by atoms with E-state index in [9.17, 15) is 14.7 Å². The Morgan fingerprint density at radius 1 is 1.20 bits per heavy atom. The van der Waals surface area contributed by atoms with Crippen molar-refractivity contribution in [3.8, 4) is 17.6 Å². The summed E-state index contributed by atoms with van der Waals surface area (Å²) in [4.78, 5) is 24.2. The molecule has 0 aliphatic carbocycles. The molecule has 0 bridgehead atoms. The fraction of sp³-hybridized carbons (Fsp3) is 0.167. The molecule has 0 unspecified atom stereocenters. The highest BCUT2D eigenvalue weighted by Gasteiger charge is 2.21. The number of esters is 1. The summed E-state index contributed by atoms with van der Waals surface area (Å²) in [5, 5.41) is 21.1. The molecule has 25 heavy (non-hydrogen) atoms. The van der Waals surface area contributed by atoms with Crippen LogP contribution in [0.1, 0.15) is 22.8 Å². The highest BCUT2D eigenvalue weighted by molar-refractivity contribution is 5.98. The molecule has 0 spiro atoms. The van der Waals surface area contributed by atoms with Crippen LogP contribution in [0.4, 0.5) is 5.69 Å². The third-order valence-corrected chi connectivity index (χ3v) is 3.36. The Bertz CT molecular complexity index is 824. The molecule has 0 aromatic heterocycles. The van der Waals surface area contributed by atoms with E-state index in [4.69, 9.17) is 14.7 Å². The number of ether oxygens (including phenoxy) is 2. The maximum Gasteiger partial charge on any atom is 0.342 e. The number of hydrogen-bond donors (Lipinski definition) is 2. The minimum Gasteiger partial charge on any atom is -0.507 e. The summed E-state index contributed by atoms with van der Waals surface area (Å²) < 4.78 is 10.1. The van der Waals surface area contributed by atoms with E-state index in [-0.39, 0.29) is 11.3 Å². The lowest BCUT2D eigenvalue weighted by atomic mass is 10.2. The van der Waals surface area contributed by atoms with Crippen molar-refractivity contribution >= 4 is 17.6 Å². The second-order valence-electron chi connectivity index (χ2n) is 5.11. The van der Waals surface area contributed by atoms with E-state index in [1.807, 2.05) is 6.07 Å². The Balaban J connectivity index is 2.02. The number of rotatable bonds is 5. The molecule has 0 saturated carbocycles. The first kappa shape index (κ1) is 17.8. The van der Waals surface area contributed by atoms with E-state index in [2.05, 4.69) is 5.32 Å². The zero-order valence-corrected chi connectivity index (χ0v) is 13.6. The van der Waals surface area contributed by atoms with Crippen LogP contribution in [0.15, 0.2) is 42.5 Å². The number of phenols is 1. The average molecular weight is 340 g/mol. The van der Waals surface area contributed by atoms with Crippen molar-refractivity contribution in [1.82, 2.24) is 0 Å². The zero-order valence-electron chi connectivity index (χ0n) is 13.6. The second kappa shape index (κ2) is 7.84. The Kier molecular flexibility index (Phi) is 5.58. The van der Waals surface area contributed by atoms with Crippen molar-refractivity contribution in [2.45, 2.75) is 13.0 Å². The number of aromatic hydroxyl groups is 1. The Morgan fingerprint density at radius 3 is 2.48 bits per heavy atom. The van der Waals surface area contributed by atoms with Crippen LogP contribution in [0, 0.1) is 11.3 Å². The monoisotopic (exact) mass is 340 g/mol. The lowest BCUT2D eigenvalue weighted by Gasteiger charge is -2.14. The summed E-state index contributed by atoms with van der Waals surface area (Å²) >= 11 is 0. The number of phenolic OH excluding ortho intramolecular Hbond substituents is 1. The van der Waals surface area contributed by atoms with Gasteiger partial charge in [0.05, 0.1) is 18.7 Å². The number of nitriles is 1. The molecular weight excluding hydrogens is 324 g/mol. The van der Waals surface area contributed by atoms with Crippen LogP contribution in [0.2, 0.25) is 0 Å². The maximum atomic E-state index is 12.1. The molecule has 2 aromatic carbocycles. The van der Waals surface area contributed by atoms with Gasteiger partial charge in [-0.3, -0.25) is 4.79 Å². The minimum atomic E-state index is -1.09. The highest BCUT2D eigenvalue weighted by Crippen LogP contribution is 2.24. The van der Waals surface area contributed by atoms with Crippen LogP contribution in [0.5, 0.6) is 11.5 Å². The van der Waals surface area contributed by atoms with Crippen molar-refractivity contribution in [1.29, 1.82) is 5.26 Å².